The Morgan fingerprint density at radius 3 is 2.89 bits per heavy atom. The van der Waals surface area contributed by atoms with Gasteiger partial charge in [-0.25, -0.2) is 9.97 Å². The van der Waals surface area contributed by atoms with Crippen LogP contribution >= 0.6 is 0 Å². The van der Waals surface area contributed by atoms with Gasteiger partial charge in [-0.1, -0.05) is 25.7 Å². The highest BCUT2D eigenvalue weighted by atomic mass is 15.0. The zero-order valence-corrected chi connectivity index (χ0v) is 11.1. The van der Waals surface area contributed by atoms with E-state index in [9.17, 15) is 0 Å². The zero-order chi connectivity index (χ0) is 13.1. The lowest BCUT2D eigenvalue weighted by atomic mass is 10.0. The first-order chi connectivity index (χ1) is 9.33. The summed E-state index contributed by atoms with van der Waals surface area (Å²) in [6.07, 6.45) is 8.42. The van der Waals surface area contributed by atoms with Crippen molar-refractivity contribution < 1.29 is 0 Å². The molecule has 0 radical (unpaired) electrons. The van der Waals surface area contributed by atoms with Crippen LogP contribution in [0.5, 0.6) is 0 Å². The molecule has 0 atom stereocenters. The van der Waals surface area contributed by atoms with E-state index in [2.05, 4.69) is 15.3 Å². The van der Waals surface area contributed by atoms with Gasteiger partial charge in [0.2, 0.25) is 0 Å². The topological polar surface area (TPSA) is 63.8 Å². The van der Waals surface area contributed by atoms with E-state index in [0.29, 0.717) is 0 Å². The summed E-state index contributed by atoms with van der Waals surface area (Å²) in [5, 5.41) is 4.49. The molecular formula is C15H20N4. The van der Waals surface area contributed by atoms with Crippen molar-refractivity contribution in [2.75, 3.05) is 17.6 Å². The molecule has 4 nitrogen and oxygen atoms in total. The second-order valence-electron chi connectivity index (χ2n) is 5.36. The largest absolute Gasteiger partial charge is 0.399 e. The van der Waals surface area contributed by atoms with Crippen LogP contribution in [0, 0.1) is 5.92 Å². The molecule has 1 heterocycles. The smallest absolute Gasteiger partial charge is 0.137 e. The second-order valence-corrected chi connectivity index (χ2v) is 5.36. The van der Waals surface area contributed by atoms with Crippen LogP contribution in [0.15, 0.2) is 24.5 Å². The number of benzene rings is 1. The first-order valence-corrected chi connectivity index (χ1v) is 7.07. The number of hydrogen-bond donors (Lipinski definition) is 2. The maximum Gasteiger partial charge on any atom is 0.137 e. The Bertz CT molecular complexity index is 561. The van der Waals surface area contributed by atoms with Gasteiger partial charge in [0, 0.05) is 17.6 Å². The fraction of sp³-hybridized carbons (Fsp3) is 0.467. The minimum Gasteiger partial charge on any atom is -0.399 e. The van der Waals surface area contributed by atoms with E-state index in [0.717, 1.165) is 34.9 Å². The molecule has 0 bridgehead atoms. The molecule has 3 N–H and O–H groups in total. The SMILES string of the molecule is Nc1ccc2c(NCCC3CCCC3)ncnc2c1. The summed E-state index contributed by atoms with van der Waals surface area (Å²) in [5.41, 5.74) is 7.42. The van der Waals surface area contributed by atoms with Gasteiger partial charge in [-0.3, -0.25) is 0 Å². The van der Waals surface area contributed by atoms with E-state index in [-0.39, 0.29) is 0 Å². The van der Waals surface area contributed by atoms with Crippen molar-refractivity contribution in [3.05, 3.63) is 24.5 Å². The Morgan fingerprint density at radius 2 is 2.05 bits per heavy atom. The predicted molar refractivity (Wildman–Crippen MR) is 79.0 cm³/mol. The average Bonchev–Trinajstić information content (AvgIpc) is 2.92. The lowest BCUT2D eigenvalue weighted by molar-refractivity contribution is 0.518. The molecule has 2 aromatic rings. The van der Waals surface area contributed by atoms with Gasteiger partial charge >= 0.3 is 0 Å². The fourth-order valence-electron chi connectivity index (χ4n) is 2.91. The van der Waals surface area contributed by atoms with E-state index < -0.39 is 0 Å². The maximum atomic E-state index is 5.78. The number of nitrogens with zero attached hydrogens (tertiary/aromatic N) is 2. The highest BCUT2D eigenvalue weighted by Crippen LogP contribution is 2.27. The Labute approximate surface area is 113 Å². The minimum absolute atomic E-state index is 0.739. The van der Waals surface area contributed by atoms with Crippen LogP contribution in [-0.2, 0) is 0 Å². The molecular weight excluding hydrogens is 236 g/mol. The lowest BCUT2D eigenvalue weighted by Gasteiger charge is -2.11. The number of hydrogen-bond acceptors (Lipinski definition) is 4. The molecule has 0 amide bonds. The summed E-state index contributed by atoms with van der Waals surface area (Å²) >= 11 is 0. The first kappa shape index (κ1) is 12.2. The van der Waals surface area contributed by atoms with Crippen LogP contribution < -0.4 is 11.1 Å². The molecule has 4 heteroatoms. The van der Waals surface area contributed by atoms with E-state index in [1.807, 2.05) is 18.2 Å². The Balaban J connectivity index is 1.70. The molecule has 100 valence electrons. The van der Waals surface area contributed by atoms with Crippen molar-refractivity contribution >= 4 is 22.4 Å². The molecule has 1 fully saturated rings. The number of rotatable bonds is 4. The minimum atomic E-state index is 0.739. The van der Waals surface area contributed by atoms with E-state index >= 15 is 0 Å². The summed E-state index contributed by atoms with van der Waals surface area (Å²) in [6, 6.07) is 5.77. The molecule has 0 unspecified atom stereocenters. The van der Waals surface area contributed by atoms with E-state index in [4.69, 9.17) is 5.73 Å². The number of nitrogen functional groups attached to an aromatic ring is 1. The third-order valence-corrected chi connectivity index (χ3v) is 3.98. The molecule has 1 saturated carbocycles. The summed E-state index contributed by atoms with van der Waals surface area (Å²) < 4.78 is 0. The third-order valence-electron chi connectivity index (χ3n) is 3.98. The molecule has 19 heavy (non-hydrogen) atoms. The van der Waals surface area contributed by atoms with Crippen LogP contribution in [0.1, 0.15) is 32.1 Å². The zero-order valence-electron chi connectivity index (χ0n) is 11.1. The summed E-state index contributed by atoms with van der Waals surface area (Å²) in [6.45, 7) is 0.987. The molecule has 0 aliphatic heterocycles. The van der Waals surface area contributed by atoms with Crippen LogP contribution in [-0.4, -0.2) is 16.5 Å². The molecule has 3 rings (SSSR count). The average molecular weight is 256 g/mol. The molecule has 0 saturated heterocycles. The normalized spacial score (nSPS) is 16.0. The lowest BCUT2D eigenvalue weighted by Crippen LogP contribution is -2.08. The van der Waals surface area contributed by atoms with E-state index in [1.165, 1.54) is 32.1 Å². The Kier molecular flexibility index (Phi) is 3.49. The Hall–Kier alpha value is -1.84. The van der Waals surface area contributed by atoms with Gasteiger partial charge in [0.1, 0.15) is 12.1 Å². The highest BCUT2D eigenvalue weighted by molar-refractivity contribution is 5.90. The van der Waals surface area contributed by atoms with Crippen molar-refractivity contribution in [1.82, 2.24) is 9.97 Å². The van der Waals surface area contributed by atoms with Crippen LogP contribution in [0.3, 0.4) is 0 Å². The molecule has 0 spiro atoms. The van der Waals surface area contributed by atoms with Crippen molar-refractivity contribution in [3.63, 3.8) is 0 Å². The number of nitrogens with two attached hydrogens (primary N) is 1. The third kappa shape index (κ3) is 2.78. The molecule has 1 aliphatic carbocycles. The maximum absolute atomic E-state index is 5.78. The number of nitrogens with one attached hydrogen (secondary N) is 1. The summed E-state index contributed by atoms with van der Waals surface area (Å²) in [7, 11) is 0. The monoisotopic (exact) mass is 256 g/mol. The second kappa shape index (κ2) is 5.43. The summed E-state index contributed by atoms with van der Waals surface area (Å²) in [5.74, 6) is 1.82. The Morgan fingerprint density at radius 1 is 1.21 bits per heavy atom. The van der Waals surface area contributed by atoms with Crippen molar-refractivity contribution in [2.45, 2.75) is 32.1 Å². The highest BCUT2D eigenvalue weighted by Gasteiger charge is 2.14. The van der Waals surface area contributed by atoms with Gasteiger partial charge in [-0.05, 0) is 30.5 Å². The number of anilines is 2. The molecule has 1 aliphatic rings. The van der Waals surface area contributed by atoms with Crippen LogP contribution in [0.25, 0.3) is 10.9 Å². The van der Waals surface area contributed by atoms with Gasteiger partial charge in [-0.2, -0.15) is 0 Å². The van der Waals surface area contributed by atoms with Gasteiger partial charge in [0.05, 0.1) is 5.52 Å². The van der Waals surface area contributed by atoms with Gasteiger partial charge in [-0.15, -0.1) is 0 Å². The first-order valence-electron chi connectivity index (χ1n) is 7.07. The van der Waals surface area contributed by atoms with Gasteiger partial charge < -0.3 is 11.1 Å². The van der Waals surface area contributed by atoms with E-state index in [1.54, 1.807) is 6.33 Å². The van der Waals surface area contributed by atoms with Crippen molar-refractivity contribution in [3.8, 4) is 0 Å². The number of fused-ring (bicyclic) bond motifs is 1. The number of aromatic nitrogens is 2. The van der Waals surface area contributed by atoms with Crippen molar-refractivity contribution in [1.29, 1.82) is 0 Å². The van der Waals surface area contributed by atoms with Crippen molar-refractivity contribution in [2.24, 2.45) is 5.92 Å². The molecule has 1 aromatic carbocycles. The summed E-state index contributed by atoms with van der Waals surface area (Å²) in [4.78, 5) is 8.59. The van der Waals surface area contributed by atoms with Crippen LogP contribution in [0.4, 0.5) is 11.5 Å². The van der Waals surface area contributed by atoms with Crippen LogP contribution in [0.2, 0.25) is 0 Å². The van der Waals surface area contributed by atoms with Gasteiger partial charge in [0.25, 0.3) is 0 Å². The standard InChI is InChI=1S/C15H20N4/c16-12-5-6-13-14(9-12)18-10-19-15(13)17-8-7-11-3-1-2-4-11/h5-6,9-11H,1-4,7-8,16H2,(H,17,18,19). The van der Waals surface area contributed by atoms with Gasteiger partial charge in [0.15, 0.2) is 0 Å². The molecule has 1 aromatic heterocycles. The quantitative estimate of drug-likeness (QED) is 0.824. The fourth-order valence-corrected chi connectivity index (χ4v) is 2.91. The predicted octanol–water partition coefficient (Wildman–Crippen LogP) is 3.20.